The van der Waals surface area contributed by atoms with E-state index >= 15 is 0 Å². The van der Waals surface area contributed by atoms with Gasteiger partial charge in [0.2, 0.25) is 0 Å². The third-order valence-corrected chi connectivity index (χ3v) is 4.95. The van der Waals surface area contributed by atoms with Crippen LogP contribution in [0, 0.1) is 0 Å². The van der Waals surface area contributed by atoms with E-state index in [1.807, 2.05) is 56.3 Å². The highest BCUT2D eigenvalue weighted by Gasteiger charge is 2.17. The van der Waals surface area contributed by atoms with Crippen molar-refractivity contribution < 1.29 is 18.7 Å². The molecule has 6 heteroatoms. The first-order valence-corrected chi connectivity index (χ1v) is 9.74. The van der Waals surface area contributed by atoms with Crippen molar-refractivity contribution >= 4 is 34.6 Å². The first kappa shape index (κ1) is 19.0. The van der Waals surface area contributed by atoms with Crippen LogP contribution in [0.5, 0.6) is 0 Å². The average molecular weight is 383 g/mol. The SMILES string of the molecule is CCSc1ccccc1C(=O)OCC(=O)N[C@H](C)c1cc2ccccc2o1. The lowest BCUT2D eigenvalue weighted by molar-refractivity contribution is -0.125. The van der Waals surface area contributed by atoms with E-state index in [1.54, 1.807) is 23.9 Å². The molecule has 0 aliphatic rings. The number of para-hydroxylation sites is 1. The van der Waals surface area contributed by atoms with Gasteiger partial charge < -0.3 is 14.5 Å². The lowest BCUT2D eigenvalue weighted by Crippen LogP contribution is -2.31. The second kappa shape index (κ2) is 8.77. The summed E-state index contributed by atoms with van der Waals surface area (Å²) in [6.07, 6.45) is 0. The summed E-state index contributed by atoms with van der Waals surface area (Å²) in [6.45, 7) is 3.50. The Morgan fingerprint density at radius 1 is 1.15 bits per heavy atom. The number of esters is 1. The Labute approximate surface area is 162 Å². The summed E-state index contributed by atoms with van der Waals surface area (Å²) in [5, 5.41) is 3.77. The highest BCUT2D eigenvalue weighted by molar-refractivity contribution is 7.99. The Balaban J connectivity index is 1.57. The van der Waals surface area contributed by atoms with Crippen LogP contribution in [-0.4, -0.2) is 24.2 Å². The molecule has 0 saturated heterocycles. The Kier molecular flexibility index (Phi) is 6.19. The largest absolute Gasteiger partial charge is 0.459 e. The number of thioether (sulfide) groups is 1. The van der Waals surface area contributed by atoms with E-state index in [0.717, 1.165) is 21.6 Å². The van der Waals surface area contributed by atoms with Gasteiger partial charge in [-0.15, -0.1) is 11.8 Å². The fourth-order valence-corrected chi connectivity index (χ4v) is 3.49. The number of ether oxygens (including phenoxy) is 1. The van der Waals surface area contributed by atoms with Gasteiger partial charge in [-0.3, -0.25) is 4.79 Å². The van der Waals surface area contributed by atoms with Gasteiger partial charge >= 0.3 is 5.97 Å². The van der Waals surface area contributed by atoms with E-state index in [1.165, 1.54) is 0 Å². The molecule has 1 aromatic heterocycles. The normalized spacial score (nSPS) is 11.9. The second-order valence-corrected chi connectivity index (χ2v) is 7.29. The zero-order valence-corrected chi connectivity index (χ0v) is 16.0. The molecule has 0 aliphatic carbocycles. The van der Waals surface area contributed by atoms with Gasteiger partial charge in [0.25, 0.3) is 5.91 Å². The van der Waals surface area contributed by atoms with Crippen molar-refractivity contribution in [3.05, 3.63) is 65.9 Å². The molecule has 1 atom stereocenters. The second-order valence-electron chi connectivity index (χ2n) is 5.98. The van der Waals surface area contributed by atoms with Crippen LogP contribution in [-0.2, 0) is 9.53 Å². The van der Waals surface area contributed by atoms with Crippen LogP contribution < -0.4 is 5.32 Å². The number of rotatable bonds is 7. The smallest absolute Gasteiger partial charge is 0.339 e. The van der Waals surface area contributed by atoms with E-state index in [-0.39, 0.29) is 18.6 Å². The van der Waals surface area contributed by atoms with Crippen LogP contribution in [0.3, 0.4) is 0 Å². The Morgan fingerprint density at radius 3 is 2.67 bits per heavy atom. The molecule has 0 unspecified atom stereocenters. The maximum atomic E-state index is 12.3. The minimum atomic E-state index is -0.502. The predicted molar refractivity (Wildman–Crippen MR) is 106 cm³/mol. The summed E-state index contributed by atoms with van der Waals surface area (Å²) in [5.74, 6) is 0.621. The molecule has 3 rings (SSSR count). The molecule has 2 aromatic carbocycles. The standard InChI is InChI=1S/C21H21NO4S/c1-3-27-19-11-7-5-9-16(19)21(24)25-13-20(23)22-14(2)18-12-15-8-4-6-10-17(15)26-18/h4-12,14H,3,13H2,1-2H3,(H,22,23)/t14-/m1/s1. The zero-order chi connectivity index (χ0) is 19.2. The van der Waals surface area contributed by atoms with Crippen molar-refractivity contribution in [1.29, 1.82) is 0 Å². The lowest BCUT2D eigenvalue weighted by atomic mass is 10.2. The maximum Gasteiger partial charge on any atom is 0.339 e. The molecule has 0 saturated carbocycles. The number of hydrogen-bond acceptors (Lipinski definition) is 5. The van der Waals surface area contributed by atoms with Gasteiger partial charge in [-0.25, -0.2) is 4.79 Å². The fourth-order valence-electron chi connectivity index (χ4n) is 2.70. The van der Waals surface area contributed by atoms with Crippen molar-refractivity contribution in [2.75, 3.05) is 12.4 Å². The van der Waals surface area contributed by atoms with Gasteiger partial charge in [0.1, 0.15) is 11.3 Å². The molecule has 1 heterocycles. The molecule has 3 aromatic rings. The van der Waals surface area contributed by atoms with Crippen LogP contribution >= 0.6 is 11.8 Å². The van der Waals surface area contributed by atoms with Gasteiger partial charge in [0.05, 0.1) is 11.6 Å². The molecular weight excluding hydrogens is 362 g/mol. The van der Waals surface area contributed by atoms with E-state index < -0.39 is 5.97 Å². The minimum absolute atomic E-state index is 0.327. The van der Waals surface area contributed by atoms with Crippen LogP contribution in [0.4, 0.5) is 0 Å². The topological polar surface area (TPSA) is 68.5 Å². The third-order valence-electron chi connectivity index (χ3n) is 3.99. The minimum Gasteiger partial charge on any atom is -0.459 e. The molecule has 5 nitrogen and oxygen atoms in total. The van der Waals surface area contributed by atoms with E-state index in [0.29, 0.717) is 11.3 Å². The molecule has 27 heavy (non-hydrogen) atoms. The number of fused-ring (bicyclic) bond motifs is 1. The third kappa shape index (κ3) is 4.71. The summed E-state index contributed by atoms with van der Waals surface area (Å²) >= 11 is 1.56. The molecule has 140 valence electrons. The number of furan rings is 1. The fraction of sp³-hybridized carbons (Fsp3) is 0.238. The van der Waals surface area contributed by atoms with Crippen molar-refractivity contribution in [1.82, 2.24) is 5.32 Å². The quantitative estimate of drug-likeness (QED) is 0.478. The predicted octanol–water partition coefficient (Wildman–Crippen LogP) is 4.58. The van der Waals surface area contributed by atoms with Crippen LogP contribution in [0.1, 0.15) is 36.0 Å². The Hall–Kier alpha value is -2.73. The highest BCUT2D eigenvalue weighted by Crippen LogP contribution is 2.24. The molecule has 0 bridgehead atoms. The van der Waals surface area contributed by atoms with Crippen molar-refractivity contribution in [2.24, 2.45) is 0 Å². The summed E-state index contributed by atoms with van der Waals surface area (Å²) in [7, 11) is 0. The Morgan fingerprint density at radius 2 is 1.89 bits per heavy atom. The van der Waals surface area contributed by atoms with E-state index in [2.05, 4.69) is 5.32 Å². The first-order valence-electron chi connectivity index (χ1n) is 8.75. The molecular formula is C21H21NO4S. The molecule has 1 amide bonds. The number of benzene rings is 2. The van der Waals surface area contributed by atoms with Crippen LogP contribution in [0.15, 0.2) is 63.9 Å². The number of hydrogen-bond donors (Lipinski definition) is 1. The maximum absolute atomic E-state index is 12.3. The van der Waals surface area contributed by atoms with Gasteiger partial charge in [-0.1, -0.05) is 37.3 Å². The van der Waals surface area contributed by atoms with Gasteiger partial charge in [-0.2, -0.15) is 0 Å². The van der Waals surface area contributed by atoms with Gasteiger partial charge in [0, 0.05) is 10.3 Å². The van der Waals surface area contributed by atoms with E-state index in [4.69, 9.17) is 9.15 Å². The summed E-state index contributed by atoms with van der Waals surface area (Å²) in [6, 6.07) is 16.4. The van der Waals surface area contributed by atoms with Crippen molar-refractivity contribution in [2.45, 2.75) is 24.8 Å². The first-order chi connectivity index (χ1) is 13.1. The lowest BCUT2D eigenvalue weighted by Gasteiger charge is -2.12. The van der Waals surface area contributed by atoms with Gasteiger partial charge in [-0.05, 0) is 36.9 Å². The highest BCUT2D eigenvalue weighted by atomic mass is 32.2. The van der Waals surface area contributed by atoms with Crippen LogP contribution in [0.2, 0.25) is 0 Å². The number of carbonyl (C=O) groups excluding carboxylic acids is 2. The summed E-state index contributed by atoms with van der Waals surface area (Å²) in [4.78, 5) is 25.3. The Bertz CT molecular complexity index is 917. The molecule has 1 N–H and O–H groups in total. The average Bonchev–Trinajstić information content (AvgIpc) is 3.11. The van der Waals surface area contributed by atoms with Crippen LogP contribution in [0.25, 0.3) is 11.0 Å². The van der Waals surface area contributed by atoms with Crippen molar-refractivity contribution in [3.63, 3.8) is 0 Å². The zero-order valence-electron chi connectivity index (χ0n) is 15.2. The monoisotopic (exact) mass is 383 g/mol. The molecule has 0 spiro atoms. The number of nitrogens with one attached hydrogen (secondary N) is 1. The van der Waals surface area contributed by atoms with Crippen molar-refractivity contribution in [3.8, 4) is 0 Å². The van der Waals surface area contributed by atoms with E-state index in [9.17, 15) is 9.59 Å². The number of carbonyl (C=O) groups is 2. The summed E-state index contributed by atoms with van der Waals surface area (Å²) in [5.41, 5.74) is 1.24. The van der Waals surface area contributed by atoms with Gasteiger partial charge in [0.15, 0.2) is 6.61 Å². The summed E-state index contributed by atoms with van der Waals surface area (Å²) < 4.78 is 10.9. The molecule has 0 aliphatic heterocycles. The molecule has 0 fully saturated rings. The molecule has 0 radical (unpaired) electrons. The number of amides is 1.